The van der Waals surface area contributed by atoms with Gasteiger partial charge in [0.05, 0.1) is 19.1 Å². The van der Waals surface area contributed by atoms with Crippen molar-refractivity contribution in [3.05, 3.63) is 95.6 Å². The number of carbonyl (C=O) groups excluding carboxylic acids is 2. The highest BCUT2D eigenvalue weighted by Crippen LogP contribution is 2.23. The maximum atomic E-state index is 13.9. The standard InChI is InChI=1S/C33H43N3O5S/c1-25-12-10-15-27(22-25)24-35(30(32(38)34-33(2,3)4)23-26-13-8-7-9-14-26)31(37)16-11-21-36(42(6,39)40)28-17-19-29(41-5)20-18-28/h7-10,12-15,17-20,22,30H,11,16,21,23-24H2,1-6H3,(H,34,38)/t30-/m0/s1. The van der Waals surface area contributed by atoms with Gasteiger partial charge in [-0.25, -0.2) is 8.42 Å². The molecule has 42 heavy (non-hydrogen) atoms. The third-order valence-electron chi connectivity index (χ3n) is 6.72. The van der Waals surface area contributed by atoms with Crippen molar-refractivity contribution >= 4 is 27.5 Å². The summed E-state index contributed by atoms with van der Waals surface area (Å²) in [4.78, 5) is 29.3. The van der Waals surface area contributed by atoms with Crippen molar-refractivity contribution in [1.29, 1.82) is 0 Å². The number of aryl methyl sites for hydroxylation is 1. The normalized spacial score (nSPS) is 12.3. The van der Waals surface area contributed by atoms with Crippen molar-refractivity contribution in [1.82, 2.24) is 10.2 Å². The molecule has 2 amide bonds. The molecule has 3 aromatic rings. The third kappa shape index (κ3) is 9.91. The predicted octanol–water partition coefficient (Wildman–Crippen LogP) is 5.10. The van der Waals surface area contributed by atoms with E-state index in [1.165, 1.54) is 4.31 Å². The molecule has 0 aliphatic carbocycles. The van der Waals surface area contributed by atoms with Crippen LogP contribution in [-0.4, -0.2) is 56.6 Å². The van der Waals surface area contributed by atoms with Crippen LogP contribution in [0.5, 0.6) is 5.75 Å². The molecular formula is C33H43N3O5S. The highest BCUT2D eigenvalue weighted by molar-refractivity contribution is 7.92. The topological polar surface area (TPSA) is 96.0 Å². The molecule has 9 heteroatoms. The van der Waals surface area contributed by atoms with E-state index in [0.717, 1.165) is 22.9 Å². The Morgan fingerprint density at radius 2 is 1.57 bits per heavy atom. The lowest BCUT2D eigenvalue weighted by Gasteiger charge is -2.34. The molecule has 0 heterocycles. The van der Waals surface area contributed by atoms with Crippen molar-refractivity contribution < 1.29 is 22.7 Å². The molecule has 0 aliphatic rings. The fraction of sp³-hybridized carbons (Fsp3) is 0.394. The van der Waals surface area contributed by atoms with E-state index < -0.39 is 21.6 Å². The van der Waals surface area contributed by atoms with Gasteiger partial charge in [0.15, 0.2) is 0 Å². The second-order valence-corrected chi connectivity index (χ2v) is 13.5. The zero-order valence-electron chi connectivity index (χ0n) is 25.5. The number of ether oxygens (including phenoxy) is 1. The maximum Gasteiger partial charge on any atom is 0.243 e. The molecule has 0 fully saturated rings. The molecule has 0 saturated carbocycles. The Morgan fingerprint density at radius 3 is 2.14 bits per heavy atom. The van der Waals surface area contributed by atoms with Crippen molar-refractivity contribution in [3.63, 3.8) is 0 Å². The van der Waals surface area contributed by atoms with Gasteiger partial charge in [0, 0.05) is 31.5 Å². The van der Waals surface area contributed by atoms with E-state index in [1.54, 1.807) is 36.3 Å². The molecule has 1 atom stereocenters. The van der Waals surface area contributed by atoms with Crippen molar-refractivity contribution in [2.75, 3.05) is 24.2 Å². The van der Waals surface area contributed by atoms with Crippen LogP contribution in [0, 0.1) is 6.92 Å². The van der Waals surface area contributed by atoms with Gasteiger partial charge in [-0.1, -0.05) is 60.2 Å². The van der Waals surface area contributed by atoms with Crippen LogP contribution in [0.25, 0.3) is 0 Å². The van der Waals surface area contributed by atoms with Crippen molar-refractivity contribution in [2.45, 2.75) is 65.1 Å². The summed E-state index contributed by atoms with van der Waals surface area (Å²) < 4.78 is 31.8. The Hall–Kier alpha value is -3.85. The van der Waals surface area contributed by atoms with Gasteiger partial charge in [-0.3, -0.25) is 13.9 Å². The minimum absolute atomic E-state index is 0.0715. The lowest BCUT2D eigenvalue weighted by molar-refractivity contribution is -0.142. The number of nitrogens with zero attached hydrogens (tertiary/aromatic N) is 2. The van der Waals surface area contributed by atoms with Gasteiger partial charge in [0.25, 0.3) is 0 Å². The molecule has 0 aliphatic heterocycles. The molecule has 0 spiro atoms. The Balaban J connectivity index is 1.89. The Bertz CT molecular complexity index is 1430. The largest absolute Gasteiger partial charge is 0.497 e. The number of hydrogen-bond donors (Lipinski definition) is 1. The van der Waals surface area contributed by atoms with Crippen molar-refractivity contribution in [3.8, 4) is 5.75 Å². The van der Waals surface area contributed by atoms with Gasteiger partial charge in [-0.2, -0.15) is 0 Å². The van der Waals surface area contributed by atoms with Crippen LogP contribution in [0.4, 0.5) is 5.69 Å². The molecule has 3 rings (SSSR count). The number of rotatable bonds is 13. The van der Waals surface area contributed by atoms with Gasteiger partial charge in [-0.15, -0.1) is 0 Å². The summed E-state index contributed by atoms with van der Waals surface area (Å²) in [5.41, 5.74) is 2.92. The molecule has 8 nitrogen and oxygen atoms in total. The fourth-order valence-electron chi connectivity index (χ4n) is 4.77. The van der Waals surface area contributed by atoms with E-state index in [2.05, 4.69) is 5.32 Å². The van der Waals surface area contributed by atoms with Crippen molar-refractivity contribution in [2.24, 2.45) is 0 Å². The van der Waals surface area contributed by atoms with Crippen LogP contribution in [0.1, 0.15) is 50.3 Å². The minimum atomic E-state index is -3.60. The number of anilines is 1. The first-order chi connectivity index (χ1) is 19.8. The summed E-state index contributed by atoms with van der Waals surface area (Å²) in [6, 6.07) is 23.5. The molecule has 0 aromatic heterocycles. The molecule has 0 unspecified atom stereocenters. The maximum absolute atomic E-state index is 13.9. The van der Waals surface area contributed by atoms with E-state index in [0.29, 0.717) is 17.9 Å². The molecule has 0 saturated heterocycles. The molecule has 0 radical (unpaired) electrons. The monoisotopic (exact) mass is 593 g/mol. The number of methoxy groups -OCH3 is 1. The predicted molar refractivity (Wildman–Crippen MR) is 168 cm³/mol. The Morgan fingerprint density at radius 1 is 0.929 bits per heavy atom. The van der Waals surface area contributed by atoms with Crippen LogP contribution in [0.3, 0.4) is 0 Å². The highest BCUT2D eigenvalue weighted by atomic mass is 32.2. The summed E-state index contributed by atoms with van der Waals surface area (Å²) >= 11 is 0. The summed E-state index contributed by atoms with van der Waals surface area (Å²) in [6.45, 7) is 8.10. The van der Waals surface area contributed by atoms with E-state index in [-0.39, 0.29) is 37.7 Å². The second-order valence-electron chi connectivity index (χ2n) is 11.6. The van der Waals surface area contributed by atoms with Crippen LogP contribution < -0.4 is 14.4 Å². The SMILES string of the molecule is COc1ccc(N(CCCC(=O)N(Cc2cccc(C)c2)[C@@H](Cc2ccccc2)C(=O)NC(C)(C)C)S(C)(=O)=O)cc1. The van der Waals surface area contributed by atoms with E-state index in [1.807, 2.05) is 82.3 Å². The molecule has 3 aromatic carbocycles. The Kier molecular flexibility index (Phi) is 11.2. The number of sulfonamides is 1. The zero-order valence-corrected chi connectivity index (χ0v) is 26.3. The van der Waals surface area contributed by atoms with Crippen LogP contribution in [-0.2, 0) is 32.6 Å². The number of nitrogens with one attached hydrogen (secondary N) is 1. The average molecular weight is 594 g/mol. The minimum Gasteiger partial charge on any atom is -0.497 e. The van der Waals surface area contributed by atoms with Gasteiger partial charge in [0.1, 0.15) is 11.8 Å². The third-order valence-corrected chi connectivity index (χ3v) is 7.91. The first-order valence-corrected chi connectivity index (χ1v) is 15.9. The number of carbonyl (C=O) groups is 2. The number of hydrogen-bond acceptors (Lipinski definition) is 5. The summed E-state index contributed by atoms with van der Waals surface area (Å²) in [7, 11) is -2.05. The smallest absolute Gasteiger partial charge is 0.243 e. The molecule has 1 N–H and O–H groups in total. The first kappa shape index (κ1) is 32.7. The summed E-state index contributed by atoms with van der Waals surface area (Å²) in [5.74, 6) is 0.167. The second kappa shape index (κ2) is 14.4. The van der Waals surface area contributed by atoms with Gasteiger partial charge in [0.2, 0.25) is 21.8 Å². The molecular weight excluding hydrogens is 550 g/mol. The number of benzene rings is 3. The lowest BCUT2D eigenvalue weighted by atomic mass is 10.00. The van der Waals surface area contributed by atoms with Crippen LogP contribution in [0.2, 0.25) is 0 Å². The molecule has 0 bridgehead atoms. The summed E-state index contributed by atoms with van der Waals surface area (Å²) in [6.07, 6.45) is 1.85. The van der Waals surface area contributed by atoms with Crippen LogP contribution >= 0.6 is 0 Å². The summed E-state index contributed by atoms with van der Waals surface area (Å²) in [5, 5.41) is 3.07. The average Bonchev–Trinajstić information content (AvgIpc) is 2.92. The van der Waals surface area contributed by atoms with Gasteiger partial charge >= 0.3 is 0 Å². The van der Waals surface area contributed by atoms with E-state index in [9.17, 15) is 18.0 Å². The van der Waals surface area contributed by atoms with Gasteiger partial charge < -0.3 is 15.0 Å². The lowest BCUT2D eigenvalue weighted by Crippen LogP contribution is -2.54. The van der Waals surface area contributed by atoms with E-state index >= 15 is 0 Å². The quantitative estimate of drug-likeness (QED) is 0.297. The van der Waals surface area contributed by atoms with E-state index in [4.69, 9.17) is 4.74 Å². The number of amides is 2. The zero-order chi connectivity index (χ0) is 30.9. The molecule has 226 valence electrons. The van der Waals surface area contributed by atoms with Crippen LogP contribution in [0.15, 0.2) is 78.9 Å². The fourth-order valence-corrected chi connectivity index (χ4v) is 5.73. The first-order valence-electron chi connectivity index (χ1n) is 14.1. The Labute approximate surface area is 250 Å². The van der Waals surface area contributed by atoms with Gasteiger partial charge in [-0.05, 0) is 69.5 Å². The highest BCUT2D eigenvalue weighted by Gasteiger charge is 2.32.